The highest BCUT2D eigenvalue weighted by Crippen LogP contribution is 2.38. The molecule has 6 rings (SSSR count). The molecule has 0 unspecified atom stereocenters. The number of aromatic amines is 1. The molecule has 2 aliphatic heterocycles. The van der Waals surface area contributed by atoms with E-state index in [0.29, 0.717) is 48.8 Å². The van der Waals surface area contributed by atoms with E-state index in [0.717, 1.165) is 46.5 Å². The number of likely N-dealkylation sites (N-methyl/N-ethyl adjacent to an activating group) is 1. The minimum atomic E-state index is -0.0467. The SMILES string of the molecule is C=CC(=O)N1CCN(c2nc(N3CC(N(C)C)C3)nc3c(Oc4c(C)ccc5[nH]ncc45)nc(C)cc23)[C@@H](C)C1. The number of fused-ring (bicyclic) bond motifs is 2. The fourth-order valence-electron chi connectivity index (χ4n) is 5.51. The first kappa shape index (κ1) is 26.0. The summed E-state index contributed by atoms with van der Waals surface area (Å²) in [5.74, 6) is 2.59. The van der Waals surface area contributed by atoms with Crippen molar-refractivity contribution < 1.29 is 9.53 Å². The normalized spacial score (nSPS) is 18.1. The first-order valence-electron chi connectivity index (χ1n) is 13.6. The number of carbonyl (C=O) groups is 1. The number of hydrogen-bond donors (Lipinski definition) is 1. The second-order valence-electron chi connectivity index (χ2n) is 11.0. The Bertz CT molecular complexity index is 1610. The zero-order valence-corrected chi connectivity index (χ0v) is 23.7. The number of ether oxygens (including phenoxy) is 1. The van der Waals surface area contributed by atoms with E-state index in [2.05, 4.69) is 52.5 Å². The van der Waals surface area contributed by atoms with Crippen LogP contribution in [0.2, 0.25) is 0 Å². The number of pyridine rings is 1. The second-order valence-corrected chi connectivity index (χ2v) is 11.0. The lowest BCUT2D eigenvalue weighted by Gasteiger charge is -2.44. The van der Waals surface area contributed by atoms with E-state index in [9.17, 15) is 4.79 Å². The number of H-pyrrole nitrogens is 1. The van der Waals surface area contributed by atoms with Gasteiger partial charge >= 0.3 is 0 Å². The lowest BCUT2D eigenvalue weighted by Crippen LogP contribution is -2.58. The number of piperazine rings is 1. The molecule has 0 saturated carbocycles. The molecule has 0 aliphatic carbocycles. The number of aryl methyl sites for hydroxylation is 2. The molecule has 0 bridgehead atoms. The number of rotatable bonds is 6. The number of anilines is 2. The van der Waals surface area contributed by atoms with Crippen molar-refractivity contribution in [1.29, 1.82) is 0 Å². The quantitative estimate of drug-likeness (QED) is 0.368. The third kappa shape index (κ3) is 4.49. The maximum Gasteiger partial charge on any atom is 0.246 e. The van der Waals surface area contributed by atoms with Gasteiger partial charge in [-0.25, -0.2) is 9.97 Å². The van der Waals surface area contributed by atoms with Gasteiger partial charge in [-0.1, -0.05) is 12.6 Å². The minimum Gasteiger partial charge on any atom is -0.436 e. The lowest BCUT2D eigenvalue weighted by molar-refractivity contribution is -0.126. The Balaban J connectivity index is 1.47. The molecule has 0 radical (unpaired) electrons. The topological polar surface area (TPSA) is 107 Å². The van der Waals surface area contributed by atoms with E-state index < -0.39 is 0 Å². The molecule has 2 fully saturated rings. The van der Waals surface area contributed by atoms with Crippen LogP contribution in [0.5, 0.6) is 11.6 Å². The van der Waals surface area contributed by atoms with Crippen LogP contribution in [0.4, 0.5) is 11.8 Å². The molecule has 0 spiro atoms. The smallest absolute Gasteiger partial charge is 0.246 e. The van der Waals surface area contributed by atoms with Gasteiger partial charge in [-0.15, -0.1) is 0 Å². The molecule has 4 aromatic rings. The van der Waals surface area contributed by atoms with Gasteiger partial charge in [-0.2, -0.15) is 10.1 Å². The third-order valence-electron chi connectivity index (χ3n) is 7.98. The predicted octanol–water partition coefficient (Wildman–Crippen LogP) is 3.28. The zero-order valence-electron chi connectivity index (χ0n) is 23.7. The predicted molar refractivity (Wildman–Crippen MR) is 156 cm³/mol. The molecule has 1 aromatic carbocycles. The van der Waals surface area contributed by atoms with Crippen LogP contribution in [-0.4, -0.2) is 99.8 Å². The average Bonchev–Trinajstić information content (AvgIpc) is 3.38. The average molecular weight is 542 g/mol. The van der Waals surface area contributed by atoms with E-state index >= 15 is 0 Å². The van der Waals surface area contributed by atoms with Crippen molar-refractivity contribution in [2.45, 2.75) is 32.9 Å². The number of benzene rings is 1. The molecule has 11 nitrogen and oxygen atoms in total. The van der Waals surface area contributed by atoms with Gasteiger partial charge < -0.3 is 24.3 Å². The number of aromatic nitrogens is 5. The van der Waals surface area contributed by atoms with Crippen LogP contribution >= 0.6 is 0 Å². The maximum absolute atomic E-state index is 12.3. The van der Waals surface area contributed by atoms with Crippen molar-refractivity contribution in [3.8, 4) is 11.6 Å². The van der Waals surface area contributed by atoms with E-state index in [1.54, 1.807) is 6.20 Å². The number of nitrogens with one attached hydrogen (secondary N) is 1. The summed E-state index contributed by atoms with van der Waals surface area (Å²) in [4.78, 5) is 35.9. The van der Waals surface area contributed by atoms with Crippen LogP contribution < -0.4 is 14.5 Å². The molecular formula is C29H35N9O2. The Labute approximate surface area is 233 Å². The summed E-state index contributed by atoms with van der Waals surface area (Å²) in [6, 6.07) is 6.53. The molecular weight excluding hydrogens is 506 g/mol. The Morgan fingerprint density at radius 2 is 1.93 bits per heavy atom. The summed E-state index contributed by atoms with van der Waals surface area (Å²) in [5, 5.41) is 8.99. The third-order valence-corrected chi connectivity index (χ3v) is 7.98. The molecule has 1 atom stereocenters. The lowest BCUT2D eigenvalue weighted by atomic mass is 10.1. The molecule has 208 valence electrons. The fraction of sp³-hybridized carbons (Fsp3) is 0.414. The van der Waals surface area contributed by atoms with Gasteiger partial charge in [0.1, 0.15) is 17.1 Å². The van der Waals surface area contributed by atoms with Crippen molar-refractivity contribution in [1.82, 2.24) is 34.9 Å². The van der Waals surface area contributed by atoms with Crippen molar-refractivity contribution in [3.05, 3.63) is 48.3 Å². The van der Waals surface area contributed by atoms with Crippen LogP contribution in [0, 0.1) is 13.8 Å². The number of hydrogen-bond acceptors (Lipinski definition) is 9. The van der Waals surface area contributed by atoms with Crippen molar-refractivity contribution in [2.24, 2.45) is 0 Å². The van der Waals surface area contributed by atoms with E-state index in [1.807, 2.05) is 36.9 Å². The molecule has 40 heavy (non-hydrogen) atoms. The van der Waals surface area contributed by atoms with Gasteiger partial charge in [-0.05, 0) is 58.6 Å². The standard InChI is InChI=1S/C29H35N9O2/c1-7-24(39)36-10-11-38(19(4)14-36)27-21-12-18(3)31-28(40-26-17(2)8-9-23-22(26)13-30-34-23)25(21)32-29(33-27)37-15-20(16-37)35(5)6/h7-9,12-13,19-20H,1,10-11,14-16H2,2-6H3,(H,30,34)/t19-/m0/s1. The largest absolute Gasteiger partial charge is 0.436 e. The molecule has 1 N–H and O–H groups in total. The highest BCUT2D eigenvalue weighted by atomic mass is 16.5. The van der Waals surface area contributed by atoms with Crippen LogP contribution in [0.1, 0.15) is 18.2 Å². The van der Waals surface area contributed by atoms with Gasteiger partial charge in [-0.3, -0.25) is 9.89 Å². The maximum atomic E-state index is 12.3. The molecule has 2 saturated heterocycles. The summed E-state index contributed by atoms with van der Waals surface area (Å²) < 4.78 is 6.58. The molecule has 1 amide bonds. The Hall–Kier alpha value is -4.25. The van der Waals surface area contributed by atoms with E-state index in [4.69, 9.17) is 19.7 Å². The summed E-state index contributed by atoms with van der Waals surface area (Å²) in [6.45, 7) is 13.3. The summed E-state index contributed by atoms with van der Waals surface area (Å²) in [7, 11) is 4.19. The van der Waals surface area contributed by atoms with Gasteiger partial charge in [0.2, 0.25) is 17.7 Å². The van der Waals surface area contributed by atoms with Crippen LogP contribution in [0.25, 0.3) is 21.8 Å². The number of nitrogens with zero attached hydrogens (tertiary/aromatic N) is 8. The first-order chi connectivity index (χ1) is 19.2. The number of carbonyl (C=O) groups excluding carboxylic acids is 1. The summed E-state index contributed by atoms with van der Waals surface area (Å²) in [6.07, 6.45) is 3.15. The summed E-state index contributed by atoms with van der Waals surface area (Å²) in [5.41, 5.74) is 3.34. The Morgan fingerprint density at radius 1 is 1.12 bits per heavy atom. The van der Waals surface area contributed by atoms with Gasteiger partial charge in [0.15, 0.2) is 0 Å². The number of amides is 1. The second kappa shape index (κ2) is 10.1. The van der Waals surface area contributed by atoms with E-state index in [-0.39, 0.29) is 11.9 Å². The Morgan fingerprint density at radius 3 is 2.65 bits per heavy atom. The van der Waals surface area contributed by atoms with Crippen molar-refractivity contribution in [3.63, 3.8) is 0 Å². The molecule has 3 aromatic heterocycles. The van der Waals surface area contributed by atoms with Crippen molar-refractivity contribution >= 4 is 39.5 Å². The van der Waals surface area contributed by atoms with Crippen LogP contribution in [0.3, 0.4) is 0 Å². The molecule has 5 heterocycles. The zero-order chi connectivity index (χ0) is 28.1. The molecule has 2 aliphatic rings. The monoisotopic (exact) mass is 541 g/mol. The minimum absolute atomic E-state index is 0.0467. The van der Waals surface area contributed by atoms with Gasteiger partial charge in [0.05, 0.1) is 22.5 Å². The van der Waals surface area contributed by atoms with Gasteiger partial charge in [0.25, 0.3) is 0 Å². The van der Waals surface area contributed by atoms with Crippen LogP contribution in [-0.2, 0) is 4.79 Å². The highest BCUT2D eigenvalue weighted by Gasteiger charge is 2.34. The van der Waals surface area contributed by atoms with Crippen molar-refractivity contribution in [2.75, 3.05) is 56.6 Å². The van der Waals surface area contributed by atoms with Crippen LogP contribution in [0.15, 0.2) is 37.1 Å². The Kier molecular flexibility index (Phi) is 6.53. The highest BCUT2D eigenvalue weighted by molar-refractivity contribution is 5.95. The fourth-order valence-corrected chi connectivity index (χ4v) is 5.51. The van der Waals surface area contributed by atoms with E-state index in [1.165, 1.54) is 6.08 Å². The first-order valence-corrected chi connectivity index (χ1v) is 13.6. The summed E-state index contributed by atoms with van der Waals surface area (Å²) >= 11 is 0. The van der Waals surface area contributed by atoms with Gasteiger partial charge in [0, 0.05) is 50.5 Å². The molecule has 11 heteroatoms.